The number of rotatable bonds is 4. The Bertz CT molecular complexity index is 233. The van der Waals surface area contributed by atoms with Gasteiger partial charge in [-0.3, -0.25) is 0 Å². The molecular formula is C10H17F4NS. The van der Waals surface area contributed by atoms with Crippen molar-refractivity contribution in [2.45, 2.75) is 38.7 Å². The normalized spacial score (nSPS) is 26.1. The molecule has 96 valence electrons. The third-order valence-corrected chi connectivity index (χ3v) is 4.18. The first-order valence-electron chi connectivity index (χ1n) is 5.20. The summed E-state index contributed by atoms with van der Waals surface area (Å²) in [5, 5.41) is 2.55. The first-order chi connectivity index (χ1) is 7.23. The van der Waals surface area contributed by atoms with Gasteiger partial charge in [-0.2, -0.15) is 20.5 Å². The zero-order valence-corrected chi connectivity index (χ0v) is 10.2. The van der Waals surface area contributed by atoms with Crippen LogP contribution < -0.4 is 5.32 Å². The Hall–Kier alpha value is 0.0300. The van der Waals surface area contributed by atoms with E-state index in [1.807, 2.05) is 0 Å². The molecule has 1 N–H and O–H groups in total. The minimum Gasteiger partial charge on any atom is -0.307 e. The Balaban J connectivity index is 2.38. The average Bonchev–Trinajstić information content (AvgIpc) is 2.13. The van der Waals surface area contributed by atoms with Gasteiger partial charge < -0.3 is 5.32 Å². The lowest BCUT2D eigenvalue weighted by Crippen LogP contribution is -2.47. The zero-order valence-electron chi connectivity index (χ0n) is 9.40. The summed E-state index contributed by atoms with van der Waals surface area (Å²) in [5.74, 6) is -2.23. The third-order valence-electron chi connectivity index (χ3n) is 2.56. The average molecular weight is 259 g/mol. The molecule has 0 radical (unpaired) electrons. The van der Waals surface area contributed by atoms with Crippen molar-refractivity contribution in [3.05, 3.63) is 0 Å². The predicted molar refractivity (Wildman–Crippen MR) is 58.5 cm³/mol. The first-order valence-corrected chi connectivity index (χ1v) is 6.35. The number of thioether (sulfide) groups is 1. The molecule has 0 saturated carbocycles. The first kappa shape index (κ1) is 14.1. The maximum Gasteiger partial charge on any atom is 0.319 e. The van der Waals surface area contributed by atoms with E-state index in [4.69, 9.17) is 0 Å². The van der Waals surface area contributed by atoms with Crippen LogP contribution >= 0.6 is 11.8 Å². The second-order valence-corrected chi connectivity index (χ2v) is 6.05. The molecule has 1 atom stereocenters. The van der Waals surface area contributed by atoms with Crippen molar-refractivity contribution in [1.82, 2.24) is 5.32 Å². The van der Waals surface area contributed by atoms with E-state index < -0.39 is 18.9 Å². The van der Waals surface area contributed by atoms with Gasteiger partial charge in [0.05, 0.1) is 6.54 Å². The number of nitrogens with one attached hydrogen (secondary N) is 1. The molecule has 1 aliphatic heterocycles. The van der Waals surface area contributed by atoms with Crippen molar-refractivity contribution >= 4 is 11.8 Å². The fraction of sp³-hybridized carbons (Fsp3) is 1.00. The molecule has 0 aromatic carbocycles. The second-order valence-electron chi connectivity index (χ2n) is 5.02. The van der Waals surface area contributed by atoms with Crippen LogP contribution in [0.15, 0.2) is 0 Å². The van der Waals surface area contributed by atoms with Crippen LogP contribution in [0.1, 0.15) is 20.3 Å². The smallest absolute Gasteiger partial charge is 0.307 e. The van der Waals surface area contributed by atoms with Crippen LogP contribution in [0.2, 0.25) is 0 Å². The molecule has 0 spiro atoms. The summed E-state index contributed by atoms with van der Waals surface area (Å²) in [6.07, 6.45) is -2.84. The summed E-state index contributed by atoms with van der Waals surface area (Å²) < 4.78 is 49.2. The van der Waals surface area contributed by atoms with Crippen molar-refractivity contribution in [3.8, 4) is 0 Å². The summed E-state index contributed by atoms with van der Waals surface area (Å²) >= 11 is 1.67. The van der Waals surface area contributed by atoms with Crippen LogP contribution in [-0.2, 0) is 0 Å². The summed E-state index contributed by atoms with van der Waals surface area (Å²) in [5.41, 5.74) is 0.0840. The summed E-state index contributed by atoms with van der Waals surface area (Å²) in [4.78, 5) is 0. The van der Waals surface area contributed by atoms with Gasteiger partial charge in [-0.05, 0) is 17.6 Å². The highest BCUT2D eigenvalue weighted by Crippen LogP contribution is 2.33. The van der Waals surface area contributed by atoms with E-state index in [-0.39, 0.29) is 11.5 Å². The summed E-state index contributed by atoms with van der Waals surface area (Å²) in [6, 6.07) is -0.0987. The van der Waals surface area contributed by atoms with E-state index in [1.165, 1.54) is 0 Å². The van der Waals surface area contributed by atoms with E-state index >= 15 is 0 Å². The van der Waals surface area contributed by atoms with E-state index in [9.17, 15) is 17.6 Å². The number of halogens is 4. The molecule has 1 fully saturated rings. The van der Waals surface area contributed by atoms with E-state index in [0.29, 0.717) is 5.75 Å². The molecule has 0 bridgehead atoms. The Morgan fingerprint density at radius 3 is 2.56 bits per heavy atom. The third kappa shape index (κ3) is 4.13. The molecule has 0 aromatic rings. The largest absolute Gasteiger partial charge is 0.319 e. The lowest BCUT2D eigenvalue weighted by atomic mass is 9.88. The lowest BCUT2D eigenvalue weighted by Gasteiger charge is -2.35. The fourth-order valence-corrected chi connectivity index (χ4v) is 3.06. The molecule has 6 heteroatoms. The van der Waals surface area contributed by atoms with Crippen molar-refractivity contribution < 1.29 is 17.6 Å². The second kappa shape index (κ2) is 5.12. The van der Waals surface area contributed by atoms with Crippen LogP contribution in [0.4, 0.5) is 17.6 Å². The Labute approximate surface area is 97.4 Å². The highest BCUT2D eigenvalue weighted by Gasteiger charge is 2.41. The molecule has 0 aliphatic carbocycles. The Morgan fingerprint density at radius 2 is 2.06 bits per heavy atom. The predicted octanol–water partition coefficient (Wildman–Crippen LogP) is 3.01. The van der Waals surface area contributed by atoms with Crippen molar-refractivity contribution in [1.29, 1.82) is 0 Å². The zero-order chi connectivity index (χ0) is 12.4. The number of hydrogen-bond donors (Lipinski definition) is 1. The van der Waals surface area contributed by atoms with Crippen molar-refractivity contribution in [2.24, 2.45) is 5.41 Å². The van der Waals surface area contributed by atoms with Crippen molar-refractivity contribution in [2.75, 3.05) is 18.1 Å². The standard InChI is InChI=1S/C10H17F4NS/c1-9(2)3-7(4-16-6-9)15-5-10(13,14)8(11)12/h7-8,15H,3-6H2,1-2H3. The molecule has 1 heterocycles. The van der Waals surface area contributed by atoms with Gasteiger partial charge in [0.1, 0.15) is 0 Å². The van der Waals surface area contributed by atoms with Gasteiger partial charge in [0.25, 0.3) is 0 Å². The molecule has 1 unspecified atom stereocenters. The van der Waals surface area contributed by atoms with Gasteiger partial charge in [-0.25, -0.2) is 8.78 Å². The minimum absolute atomic E-state index is 0.0840. The SMILES string of the molecule is CC1(C)CSCC(NCC(F)(F)C(F)F)C1. The van der Waals surface area contributed by atoms with Crippen LogP contribution in [0.5, 0.6) is 0 Å². The van der Waals surface area contributed by atoms with Gasteiger partial charge in [0.2, 0.25) is 0 Å². The van der Waals surface area contributed by atoms with Gasteiger partial charge in [0.15, 0.2) is 0 Å². The molecule has 1 rings (SSSR count). The summed E-state index contributed by atoms with van der Waals surface area (Å²) in [6.45, 7) is 3.17. The number of hydrogen-bond acceptors (Lipinski definition) is 2. The number of alkyl halides is 4. The van der Waals surface area contributed by atoms with Crippen LogP contribution in [-0.4, -0.2) is 36.4 Å². The van der Waals surface area contributed by atoms with Gasteiger partial charge in [-0.15, -0.1) is 0 Å². The quantitative estimate of drug-likeness (QED) is 0.779. The topological polar surface area (TPSA) is 12.0 Å². The molecule has 1 saturated heterocycles. The molecule has 1 nitrogen and oxygen atoms in total. The molecule has 16 heavy (non-hydrogen) atoms. The van der Waals surface area contributed by atoms with Crippen LogP contribution in [0.25, 0.3) is 0 Å². The van der Waals surface area contributed by atoms with E-state index in [2.05, 4.69) is 19.2 Å². The molecule has 0 amide bonds. The highest BCUT2D eigenvalue weighted by atomic mass is 32.2. The van der Waals surface area contributed by atoms with Gasteiger partial charge in [0, 0.05) is 11.8 Å². The Morgan fingerprint density at radius 1 is 1.44 bits per heavy atom. The fourth-order valence-electron chi connectivity index (χ4n) is 1.75. The van der Waals surface area contributed by atoms with Crippen molar-refractivity contribution in [3.63, 3.8) is 0 Å². The molecule has 1 aliphatic rings. The van der Waals surface area contributed by atoms with E-state index in [0.717, 1.165) is 12.2 Å². The maximum absolute atomic E-state index is 12.7. The highest BCUT2D eigenvalue weighted by molar-refractivity contribution is 7.99. The summed E-state index contributed by atoms with van der Waals surface area (Å²) in [7, 11) is 0. The maximum atomic E-state index is 12.7. The van der Waals surface area contributed by atoms with Gasteiger partial charge in [-0.1, -0.05) is 13.8 Å². The monoisotopic (exact) mass is 259 g/mol. The van der Waals surface area contributed by atoms with E-state index in [1.54, 1.807) is 11.8 Å². The minimum atomic E-state index is -3.92. The molecule has 0 aromatic heterocycles. The van der Waals surface area contributed by atoms with Crippen LogP contribution in [0.3, 0.4) is 0 Å². The Kier molecular flexibility index (Phi) is 4.51. The lowest BCUT2D eigenvalue weighted by molar-refractivity contribution is -0.126. The van der Waals surface area contributed by atoms with Crippen LogP contribution in [0, 0.1) is 5.41 Å². The molecular weight excluding hydrogens is 242 g/mol. The van der Waals surface area contributed by atoms with Gasteiger partial charge >= 0.3 is 12.3 Å².